The van der Waals surface area contributed by atoms with Crippen LogP contribution in [-0.2, 0) is 0 Å². The lowest BCUT2D eigenvalue weighted by Gasteiger charge is -2.19. The molecule has 0 radical (unpaired) electrons. The Hall–Kier alpha value is -3.40. The summed E-state index contributed by atoms with van der Waals surface area (Å²) in [5.41, 5.74) is 6.47. The van der Waals surface area contributed by atoms with E-state index in [1.807, 2.05) is 58.0 Å². The number of hydrogen-bond acceptors (Lipinski definition) is 4. The average Bonchev–Trinajstić information content (AvgIpc) is 2.69. The van der Waals surface area contributed by atoms with Gasteiger partial charge in [-0.1, -0.05) is 24.3 Å². The van der Waals surface area contributed by atoms with Crippen molar-refractivity contribution in [2.75, 3.05) is 6.54 Å². The number of benzene rings is 3. The highest BCUT2D eigenvalue weighted by Crippen LogP contribution is 2.42. The molecule has 2 aromatic rings. The van der Waals surface area contributed by atoms with Gasteiger partial charge in [0.1, 0.15) is 11.3 Å². The van der Waals surface area contributed by atoms with Crippen LogP contribution in [0.2, 0.25) is 0 Å². The van der Waals surface area contributed by atoms with E-state index in [4.69, 9.17) is 4.42 Å². The maximum absolute atomic E-state index is 11.8. The van der Waals surface area contributed by atoms with E-state index in [2.05, 4.69) is 11.1 Å². The molecule has 0 N–H and O–H groups in total. The molecule has 0 amide bonds. The molecule has 0 saturated carbocycles. The van der Waals surface area contributed by atoms with Crippen molar-refractivity contribution in [2.24, 2.45) is 4.99 Å². The third-order valence-electron chi connectivity index (χ3n) is 5.40. The summed E-state index contributed by atoms with van der Waals surface area (Å²) < 4.78 is 6.26. The van der Waals surface area contributed by atoms with Crippen molar-refractivity contribution in [2.45, 2.75) is 27.7 Å². The van der Waals surface area contributed by atoms with Crippen LogP contribution in [0.4, 0.5) is 0 Å². The number of hydrogen-bond donors (Lipinski definition) is 0. The van der Waals surface area contributed by atoms with E-state index in [1.165, 1.54) is 0 Å². The van der Waals surface area contributed by atoms with Gasteiger partial charge in [-0.15, -0.1) is 0 Å². The number of carbonyl (C=O) groups is 1. The zero-order valence-electron chi connectivity index (χ0n) is 17.0. The maximum atomic E-state index is 11.8. The summed E-state index contributed by atoms with van der Waals surface area (Å²) in [6.45, 7) is 8.76. The fraction of sp³-hybridized carbons (Fsp3) is 0.200. The molecule has 4 nitrogen and oxygen atoms in total. The van der Waals surface area contributed by atoms with Crippen molar-refractivity contribution in [3.63, 3.8) is 0 Å². The Labute approximate surface area is 169 Å². The summed E-state index contributed by atoms with van der Waals surface area (Å²) in [6.07, 6.45) is 0. The topological polar surface area (TPSA) is 65.6 Å². The van der Waals surface area contributed by atoms with Crippen LogP contribution in [0.3, 0.4) is 0 Å². The first-order chi connectivity index (χ1) is 13.9. The molecular weight excluding hydrogens is 362 g/mol. The molecule has 1 aliphatic heterocycles. The van der Waals surface area contributed by atoms with Crippen LogP contribution in [0.25, 0.3) is 33.4 Å². The number of carboxylic acids is 1. The van der Waals surface area contributed by atoms with Gasteiger partial charge in [-0.05, 0) is 68.1 Å². The highest BCUT2D eigenvalue weighted by molar-refractivity contribution is 6.07. The fourth-order valence-corrected chi connectivity index (χ4v) is 3.80. The Balaban J connectivity index is 2.24. The summed E-state index contributed by atoms with van der Waals surface area (Å²) in [5, 5.41) is 13.6. The molecule has 0 fully saturated rings. The van der Waals surface area contributed by atoms with Gasteiger partial charge in [0.25, 0.3) is 0 Å². The quantitative estimate of drug-likeness (QED) is 0.491. The number of aromatic carboxylic acids is 1. The Kier molecular flexibility index (Phi) is 4.71. The summed E-state index contributed by atoms with van der Waals surface area (Å²) >= 11 is 0. The lowest BCUT2D eigenvalue weighted by molar-refractivity contribution is -0.254. The van der Waals surface area contributed by atoms with Crippen molar-refractivity contribution < 1.29 is 14.3 Å². The molecule has 0 unspecified atom stereocenters. The molecule has 4 heteroatoms. The first-order valence-electron chi connectivity index (χ1n) is 9.70. The van der Waals surface area contributed by atoms with Crippen molar-refractivity contribution in [1.29, 1.82) is 0 Å². The molecular formula is C25H22NO3-. The van der Waals surface area contributed by atoms with Crippen molar-refractivity contribution in [3.05, 3.63) is 76.1 Å². The van der Waals surface area contributed by atoms with E-state index < -0.39 is 5.97 Å². The number of nitrogens with zero attached hydrogens (tertiary/aromatic N) is 1. The molecule has 0 aromatic heterocycles. The number of carbonyl (C=O) groups excluding carboxylic acids is 1. The van der Waals surface area contributed by atoms with Crippen LogP contribution in [0, 0.1) is 20.8 Å². The molecule has 146 valence electrons. The number of carboxylic acid groups (broad SMARTS) is 1. The zero-order chi connectivity index (χ0) is 20.7. The first-order valence-corrected chi connectivity index (χ1v) is 9.70. The monoisotopic (exact) mass is 384 g/mol. The van der Waals surface area contributed by atoms with Crippen LogP contribution in [0.1, 0.15) is 34.0 Å². The molecule has 1 heterocycles. The lowest BCUT2D eigenvalue weighted by Crippen LogP contribution is -2.23. The number of rotatable bonds is 3. The van der Waals surface area contributed by atoms with E-state index in [9.17, 15) is 9.90 Å². The van der Waals surface area contributed by atoms with Crippen molar-refractivity contribution >= 4 is 16.9 Å². The zero-order valence-corrected chi connectivity index (χ0v) is 17.0. The molecule has 0 spiro atoms. The van der Waals surface area contributed by atoms with Crippen LogP contribution in [0.15, 0.2) is 57.9 Å². The standard InChI is InChI=1S/C25H23NO3/c1-5-26-21-13-23-20(11-16(21)4)24(17-8-6-7-9-18(17)25(27)28)19-10-14(2)15(3)12-22(19)29-23/h6-13H,5H2,1-4H3,(H,27,28)/p-1. The predicted octanol–water partition coefficient (Wildman–Crippen LogP) is 4.41. The summed E-state index contributed by atoms with van der Waals surface area (Å²) in [5.74, 6) is -0.512. The molecule has 29 heavy (non-hydrogen) atoms. The van der Waals surface area contributed by atoms with E-state index in [0.29, 0.717) is 17.9 Å². The normalized spacial score (nSPS) is 12.1. The lowest BCUT2D eigenvalue weighted by atomic mass is 9.89. The Morgan fingerprint density at radius 3 is 2.41 bits per heavy atom. The molecule has 1 aliphatic carbocycles. The Morgan fingerprint density at radius 2 is 1.69 bits per heavy atom. The van der Waals surface area contributed by atoms with Gasteiger partial charge >= 0.3 is 0 Å². The van der Waals surface area contributed by atoms with Crippen LogP contribution < -0.4 is 10.5 Å². The van der Waals surface area contributed by atoms with Crippen molar-refractivity contribution in [3.8, 4) is 22.5 Å². The number of aryl methyl sites for hydroxylation is 3. The van der Waals surface area contributed by atoms with E-state index in [1.54, 1.807) is 12.1 Å². The third kappa shape index (κ3) is 3.21. The van der Waals surface area contributed by atoms with Gasteiger partial charge in [0.15, 0.2) is 0 Å². The van der Waals surface area contributed by atoms with Gasteiger partial charge in [0, 0.05) is 34.7 Å². The largest absolute Gasteiger partial charge is 0.545 e. The summed E-state index contributed by atoms with van der Waals surface area (Å²) in [6, 6.07) is 15.0. The molecule has 2 aromatic carbocycles. The van der Waals surface area contributed by atoms with E-state index >= 15 is 0 Å². The van der Waals surface area contributed by atoms with Crippen LogP contribution in [-0.4, -0.2) is 12.5 Å². The smallest absolute Gasteiger partial charge is 0.137 e. The van der Waals surface area contributed by atoms with Crippen molar-refractivity contribution in [1.82, 2.24) is 0 Å². The van der Waals surface area contributed by atoms with E-state index in [-0.39, 0.29) is 5.56 Å². The third-order valence-corrected chi connectivity index (χ3v) is 5.40. The van der Waals surface area contributed by atoms with Gasteiger partial charge in [0.2, 0.25) is 0 Å². The maximum Gasteiger partial charge on any atom is 0.137 e. The molecule has 4 rings (SSSR count). The van der Waals surface area contributed by atoms with Gasteiger partial charge < -0.3 is 14.3 Å². The second-order valence-corrected chi connectivity index (χ2v) is 7.35. The van der Waals surface area contributed by atoms with Gasteiger partial charge in [-0.25, -0.2) is 0 Å². The van der Waals surface area contributed by atoms with Gasteiger partial charge in [-0.2, -0.15) is 0 Å². The second-order valence-electron chi connectivity index (χ2n) is 7.35. The van der Waals surface area contributed by atoms with Crippen LogP contribution >= 0.6 is 0 Å². The SMILES string of the molecule is CCN=c1cc2oc3cc(C)c(C)cc3c(-c3ccccc3C(=O)[O-])c-2cc1C. The van der Waals surface area contributed by atoms with Gasteiger partial charge in [0.05, 0.1) is 11.3 Å². The minimum absolute atomic E-state index is 0.166. The second kappa shape index (κ2) is 7.21. The summed E-state index contributed by atoms with van der Waals surface area (Å²) in [4.78, 5) is 16.4. The Bertz CT molecular complexity index is 1300. The molecule has 2 aliphatic rings. The molecule has 0 bridgehead atoms. The molecule has 0 saturated heterocycles. The number of fused-ring (bicyclic) bond motifs is 2. The highest BCUT2D eigenvalue weighted by atomic mass is 16.4. The minimum atomic E-state index is -1.19. The minimum Gasteiger partial charge on any atom is -0.545 e. The van der Waals surface area contributed by atoms with E-state index in [0.717, 1.165) is 44.1 Å². The average molecular weight is 384 g/mol. The van der Waals surface area contributed by atoms with Crippen LogP contribution in [0.5, 0.6) is 0 Å². The first kappa shape index (κ1) is 18.9. The predicted molar refractivity (Wildman–Crippen MR) is 113 cm³/mol. The fourth-order valence-electron chi connectivity index (χ4n) is 3.80. The van der Waals surface area contributed by atoms with Gasteiger partial charge in [-0.3, -0.25) is 4.99 Å². The summed E-state index contributed by atoms with van der Waals surface area (Å²) in [7, 11) is 0. The Morgan fingerprint density at radius 1 is 0.966 bits per heavy atom. The molecule has 0 atom stereocenters. The highest BCUT2D eigenvalue weighted by Gasteiger charge is 2.20.